The van der Waals surface area contributed by atoms with E-state index < -0.39 is 0 Å². The Hall–Kier alpha value is -2.17. The molecule has 0 aliphatic rings. The van der Waals surface area contributed by atoms with E-state index in [-0.39, 0.29) is 18.3 Å². The first-order valence-electron chi connectivity index (χ1n) is 5.64. The fraction of sp³-hybridized carbons (Fsp3) is 0.231. The van der Waals surface area contributed by atoms with Crippen LogP contribution in [0.3, 0.4) is 0 Å². The summed E-state index contributed by atoms with van der Waals surface area (Å²) in [5, 5.41) is 4.35. The second-order valence-corrected chi connectivity index (χ2v) is 3.68. The monoisotopic (exact) mass is 248 g/mol. The molecule has 2 aromatic rings. The van der Waals surface area contributed by atoms with Gasteiger partial charge in [-0.25, -0.2) is 9.37 Å². The number of carbonyl (C=O) groups excluding carboxylic acids is 1. The minimum Gasteiger partial charge on any atom is -0.465 e. The maximum atomic E-state index is 13.2. The van der Waals surface area contributed by atoms with E-state index in [2.05, 4.69) is 10.3 Å². The van der Waals surface area contributed by atoms with E-state index >= 15 is 0 Å². The topological polar surface area (TPSA) is 51.2 Å². The Morgan fingerprint density at radius 1 is 1.44 bits per heavy atom. The molecule has 5 heteroatoms. The van der Waals surface area contributed by atoms with Crippen LogP contribution in [0.5, 0.6) is 0 Å². The molecular formula is C13H13FN2O2. The molecule has 0 radical (unpaired) electrons. The van der Waals surface area contributed by atoms with Crippen LogP contribution in [0.4, 0.5) is 10.2 Å². The van der Waals surface area contributed by atoms with Crippen molar-refractivity contribution in [2.75, 3.05) is 18.5 Å². The number of halogens is 1. The maximum absolute atomic E-state index is 13.2. The summed E-state index contributed by atoms with van der Waals surface area (Å²) in [7, 11) is 0. The zero-order valence-electron chi connectivity index (χ0n) is 9.94. The van der Waals surface area contributed by atoms with Gasteiger partial charge in [0.05, 0.1) is 6.61 Å². The van der Waals surface area contributed by atoms with Crippen LogP contribution in [0.15, 0.2) is 30.5 Å². The molecule has 0 bridgehead atoms. The van der Waals surface area contributed by atoms with Gasteiger partial charge in [0.1, 0.15) is 18.2 Å². The smallest absolute Gasteiger partial charge is 0.325 e. The molecule has 0 aliphatic heterocycles. The van der Waals surface area contributed by atoms with E-state index in [0.29, 0.717) is 17.8 Å². The number of aromatic nitrogens is 1. The third-order valence-electron chi connectivity index (χ3n) is 2.43. The van der Waals surface area contributed by atoms with Crippen molar-refractivity contribution in [1.29, 1.82) is 0 Å². The molecule has 0 fully saturated rings. The van der Waals surface area contributed by atoms with Gasteiger partial charge in [-0.2, -0.15) is 0 Å². The average molecular weight is 248 g/mol. The van der Waals surface area contributed by atoms with Crippen molar-refractivity contribution in [1.82, 2.24) is 4.98 Å². The molecule has 0 atom stereocenters. The van der Waals surface area contributed by atoms with Gasteiger partial charge in [-0.15, -0.1) is 0 Å². The standard InChI is InChI=1S/C13H13FN2O2/c1-2-18-12(17)8-16-13-11-7-10(14)4-3-9(11)5-6-15-13/h3-7H,2,8H2,1H3,(H,15,16). The van der Waals surface area contributed by atoms with Crippen LogP contribution in [0.25, 0.3) is 10.8 Å². The van der Waals surface area contributed by atoms with Gasteiger partial charge >= 0.3 is 5.97 Å². The number of benzene rings is 1. The first-order chi connectivity index (χ1) is 8.70. The highest BCUT2D eigenvalue weighted by Crippen LogP contribution is 2.21. The minimum absolute atomic E-state index is 0.0104. The molecule has 0 unspecified atom stereocenters. The summed E-state index contributed by atoms with van der Waals surface area (Å²) in [6, 6.07) is 6.22. The summed E-state index contributed by atoms with van der Waals surface area (Å²) in [4.78, 5) is 15.3. The largest absolute Gasteiger partial charge is 0.465 e. The Morgan fingerprint density at radius 3 is 3.06 bits per heavy atom. The Labute approximate surface area is 104 Å². The van der Waals surface area contributed by atoms with E-state index in [9.17, 15) is 9.18 Å². The predicted octanol–water partition coefficient (Wildman–Crippen LogP) is 2.35. The van der Waals surface area contributed by atoms with Crippen LogP contribution in [0.2, 0.25) is 0 Å². The maximum Gasteiger partial charge on any atom is 0.325 e. The van der Waals surface area contributed by atoms with Gasteiger partial charge in [0.15, 0.2) is 0 Å². The highest BCUT2D eigenvalue weighted by Gasteiger charge is 2.06. The lowest BCUT2D eigenvalue weighted by molar-refractivity contribution is -0.140. The molecule has 94 valence electrons. The lowest BCUT2D eigenvalue weighted by Gasteiger charge is -2.08. The van der Waals surface area contributed by atoms with Gasteiger partial charge in [0, 0.05) is 11.6 Å². The number of nitrogens with one attached hydrogen (secondary N) is 1. The third-order valence-corrected chi connectivity index (χ3v) is 2.43. The Balaban J connectivity index is 2.22. The fourth-order valence-electron chi connectivity index (χ4n) is 1.65. The zero-order chi connectivity index (χ0) is 13.0. The molecule has 1 heterocycles. The Morgan fingerprint density at radius 2 is 2.28 bits per heavy atom. The van der Waals surface area contributed by atoms with E-state index in [0.717, 1.165) is 5.39 Å². The number of rotatable bonds is 4. The van der Waals surface area contributed by atoms with Crippen LogP contribution < -0.4 is 5.32 Å². The highest BCUT2D eigenvalue weighted by molar-refractivity contribution is 5.92. The van der Waals surface area contributed by atoms with Crippen LogP contribution in [0, 0.1) is 5.82 Å². The minimum atomic E-state index is -0.368. The first-order valence-corrected chi connectivity index (χ1v) is 5.64. The van der Waals surface area contributed by atoms with Gasteiger partial charge in [-0.3, -0.25) is 4.79 Å². The normalized spacial score (nSPS) is 10.3. The van der Waals surface area contributed by atoms with Crippen LogP contribution in [-0.4, -0.2) is 24.1 Å². The second-order valence-electron chi connectivity index (χ2n) is 3.68. The van der Waals surface area contributed by atoms with Gasteiger partial charge in [0.25, 0.3) is 0 Å². The number of ether oxygens (including phenoxy) is 1. The molecule has 0 aliphatic carbocycles. The molecule has 1 aromatic heterocycles. The summed E-state index contributed by atoms with van der Waals surface area (Å²) in [6.07, 6.45) is 1.60. The molecule has 18 heavy (non-hydrogen) atoms. The lowest BCUT2D eigenvalue weighted by atomic mass is 10.1. The van der Waals surface area contributed by atoms with Gasteiger partial charge < -0.3 is 10.1 Å². The molecule has 0 spiro atoms. The highest BCUT2D eigenvalue weighted by atomic mass is 19.1. The Bertz CT molecular complexity index is 572. The van der Waals surface area contributed by atoms with E-state index in [1.807, 2.05) is 0 Å². The number of carbonyl (C=O) groups is 1. The summed E-state index contributed by atoms with van der Waals surface area (Å²) in [5.41, 5.74) is 0. The Kier molecular flexibility index (Phi) is 3.72. The molecular weight excluding hydrogens is 235 g/mol. The summed E-state index contributed by atoms with van der Waals surface area (Å²) in [5.74, 6) is -0.234. The molecule has 0 saturated heterocycles. The molecule has 0 amide bonds. The molecule has 2 rings (SSSR count). The number of esters is 1. The number of hydrogen-bond acceptors (Lipinski definition) is 4. The molecule has 4 nitrogen and oxygen atoms in total. The zero-order valence-corrected chi connectivity index (χ0v) is 9.94. The van der Waals surface area contributed by atoms with Crippen molar-refractivity contribution in [3.8, 4) is 0 Å². The van der Waals surface area contributed by atoms with E-state index in [1.165, 1.54) is 12.1 Å². The van der Waals surface area contributed by atoms with Crippen molar-refractivity contribution in [2.45, 2.75) is 6.92 Å². The second kappa shape index (κ2) is 5.44. The van der Waals surface area contributed by atoms with Crippen LogP contribution >= 0.6 is 0 Å². The fourth-order valence-corrected chi connectivity index (χ4v) is 1.65. The van der Waals surface area contributed by atoms with Gasteiger partial charge in [-0.1, -0.05) is 6.07 Å². The van der Waals surface area contributed by atoms with Crippen molar-refractivity contribution in [3.05, 3.63) is 36.3 Å². The summed E-state index contributed by atoms with van der Waals surface area (Å²) >= 11 is 0. The van der Waals surface area contributed by atoms with E-state index in [4.69, 9.17) is 4.74 Å². The molecule has 1 N–H and O–H groups in total. The SMILES string of the molecule is CCOC(=O)CNc1nccc2ccc(F)cc12. The number of hydrogen-bond donors (Lipinski definition) is 1. The number of pyridine rings is 1. The van der Waals surface area contributed by atoms with Crippen molar-refractivity contribution in [2.24, 2.45) is 0 Å². The number of fused-ring (bicyclic) bond motifs is 1. The number of anilines is 1. The molecule has 1 aromatic carbocycles. The third kappa shape index (κ3) is 2.74. The lowest BCUT2D eigenvalue weighted by Crippen LogP contribution is -2.17. The number of nitrogens with zero attached hydrogens (tertiary/aromatic N) is 1. The molecule has 0 saturated carbocycles. The van der Waals surface area contributed by atoms with Crippen molar-refractivity contribution in [3.63, 3.8) is 0 Å². The predicted molar refractivity (Wildman–Crippen MR) is 66.8 cm³/mol. The van der Waals surface area contributed by atoms with Crippen molar-refractivity contribution >= 4 is 22.6 Å². The summed E-state index contributed by atoms with van der Waals surface area (Å²) < 4.78 is 18.0. The van der Waals surface area contributed by atoms with Crippen LogP contribution in [-0.2, 0) is 9.53 Å². The van der Waals surface area contributed by atoms with Gasteiger partial charge in [-0.05, 0) is 30.5 Å². The van der Waals surface area contributed by atoms with Gasteiger partial charge in [0.2, 0.25) is 0 Å². The first kappa shape index (κ1) is 12.3. The average Bonchev–Trinajstić information content (AvgIpc) is 2.36. The summed E-state index contributed by atoms with van der Waals surface area (Å²) in [6.45, 7) is 2.08. The van der Waals surface area contributed by atoms with Crippen molar-refractivity contribution < 1.29 is 13.9 Å². The quantitative estimate of drug-likeness (QED) is 0.844. The van der Waals surface area contributed by atoms with E-state index in [1.54, 1.807) is 25.3 Å². The van der Waals surface area contributed by atoms with Crippen LogP contribution in [0.1, 0.15) is 6.92 Å².